The van der Waals surface area contributed by atoms with Crippen molar-refractivity contribution >= 4 is 33.2 Å². The van der Waals surface area contributed by atoms with E-state index in [0.717, 1.165) is 60.3 Å². The van der Waals surface area contributed by atoms with E-state index in [1.165, 1.54) is 6.92 Å². The summed E-state index contributed by atoms with van der Waals surface area (Å²) in [6.45, 7) is 6.55. The second-order valence-corrected chi connectivity index (χ2v) is 12.3. The van der Waals surface area contributed by atoms with Crippen LogP contribution in [0, 0.1) is 13.8 Å². The maximum atomic E-state index is 12.7. The standard InChI is InChI=1S/C37H37N3O5S/c1-23-18-28(21-34(43-5)24(23)2)31-22-32(40(39-31)25(3)41)26-14-15-33(42-4)35(20-26)45-17-9-16-44-29-11-8-10-27(19-29)37-38-30-12-6-7-13-36(30)46-37/h6-8,10-15,18-21,32H,9,16-17,22H2,1-5H3. The average molecular weight is 636 g/mol. The maximum absolute atomic E-state index is 12.7. The van der Waals surface area contributed by atoms with Gasteiger partial charge in [-0.3, -0.25) is 4.79 Å². The molecule has 0 saturated carbocycles. The first-order valence-corrected chi connectivity index (χ1v) is 16.1. The zero-order valence-electron chi connectivity index (χ0n) is 26.7. The Bertz CT molecular complexity index is 1880. The largest absolute Gasteiger partial charge is 0.496 e. The van der Waals surface area contributed by atoms with Gasteiger partial charge in [-0.1, -0.05) is 30.3 Å². The summed E-state index contributed by atoms with van der Waals surface area (Å²) in [6, 6.07) is 25.8. The molecule has 0 aliphatic carbocycles. The van der Waals surface area contributed by atoms with Crippen molar-refractivity contribution in [1.29, 1.82) is 0 Å². The second-order valence-electron chi connectivity index (χ2n) is 11.2. The van der Waals surface area contributed by atoms with Crippen molar-refractivity contribution in [2.45, 2.75) is 39.7 Å². The van der Waals surface area contributed by atoms with Crippen LogP contribution in [0.3, 0.4) is 0 Å². The Morgan fingerprint density at radius 1 is 0.870 bits per heavy atom. The molecule has 0 spiro atoms. The minimum absolute atomic E-state index is 0.126. The van der Waals surface area contributed by atoms with Crippen LogP contribution in [-0.2, 0) is 4.79 Å². The number of benzene rings is 4. The normalized spacial score (nSPS) is 14.3. The van der Waals surface area contributed by atoms with Gasteiger partial charge < -0.3 is 18.9 Å². The van der Waals surface area contributed by atoms with Gasteiger partial charge in [-0.15, -0.1) is 11.3 Å². The number of carbonyl (C=O) groups excluding carboxylic acids is 1. The van der Waals surface area contributed by atoms with Gasteiger partial charge in [0.25, 0.3) is 0 Å². The van der Waals surface area contributed by atoms with Gasteiger partial charge in [0.15, 0.2) is 11.5 Å². The number of aryl methyl sites for hydroxylation is 1. The number of hydrogen-bond acceptors (Lipinski definition) is 8. The Balaban J connectivity index is 1.10. The lowest BCUT2D eigenvalue weighted by molar-refractivity contribution is -0.130. The lowest BCUT2D eigenvalue weighted by atomic mass is 9.95. The fourth-order valence-electron chi connectivity index (χ4n) is 5.60. The predicted octanol–water partition coefficient (Wildman–Crippen LogP) is 8.14. The maximum Gasteiger partial charge on any atom is 0.240 e. The predicted molar refractivity (Wildman–Crippen MR) is 183 cm³/mol. The van der Waals surface area contributed by atoms with Crippen molar-refractivity contribution < 1.29 is 23.7 Å². The van der Waals surface area contributed by atoms with Crippen LogP contribution in [-0.4, -0.2) is 49.0 Å². The van der Waals surface area contributed by atoms with Crippen LogP contribution in [0.4, 0.5) is 0 Å². The van der Waals surface area contributed by atoms with E-state index in [4.69, 9.17) is 29.0 Å². The molecule has 0 radical (unpaired) electrons. The lowest BCUT2D eigenvalue weighted by Gasteiger charge is -2.22. The summed E-state index contributed by atoms with van der Waals surface area (Å²) >= 11 is 1.67. The monoisotopic (exact) mass is 635 g/mol. The third kappa shape index (κ3) is 6.55. The number of carbonyl (C=O) groups is 1. The van der Waals surface area contributed by atoms with Crippen LogP contribution >= 0.6 is 11.3 Å². The van der Waals surface area contributed by atoms with Crippen molar-refractivity contribution in [1.82, 2.24) is 9.99 Å². The number of thiazole rings is 1. The van der Waals surface area contributed by atoms with E-state index in [0.29, 0.717) is 37.6 Å². The molecule has 1 aromatic heterocycles. The molecule has 1 amide bonds. The van der Waals surface area contributed by atoms with Gasteiger partial charge in [-0.05, 0) is 79.1 Å². The topological polar surface area (TPSA) is 82.5 Å². The number of aromatic nitrogens is 1. The van der Waals surface area contributed by atoms with Crippen molar-refractivity contribution in [3.05, 3.63) is 101 Å². The van der Waals surface area contributed by atoms with Crippen molar-refractivity contribution in [3.63, 3.8) is 0 Å². The zero-order chi connectivity index (χ0) is 32.2. The van der Waals surface area contributed by atoms with E-state index >= 15 is 0 Å². The molecule has 0 saturated heterocycles. The summed E-state index contributed by atoms with van der Waals surface area (Å²) in [5.41, 5.74) is 6.94. The number of amides is 1. The Morgan fingerprint density at radius 2 is 1.67 bits per heavy atom. The first-order chi connectivity index (χ1) is 22.3. The average Bonchev–Trinajstić information content (AvgIpc) is 3.72. The smallest absolute Gasteiger partial charge is 0.240 e. The zero-order valence-corrected chi connectivity index (χ0v) is 27.5. The molecule has 1 unspecified atom stereocenters. The Morgan fingerprint density at radius 3 is 2.46 bits per heavy atom. The molecule has 1 aliphatic heterocycles. The Hall–Kier alpha value is -4.89. The van der Waals surface area contributed by atoms with E-state index in [2.05, 4.69) is 25.1 Å². The van der Waals surface area contributed by atoms with E-state index in [-0.39, 0.29) is 11.9 Å². The van der Waals surface area contributed by atoms with Gasteiger partial charge in [0.1, 0.15) is 16.5 Å². The molecule has 5 aromatic rings. The van der Waals surface area contributed by atoms with Crippen LogP contribution in [0.2, 0.25) is 0 Å². The quantitative estimate of drug-likeness (QED) is 0.136. The highest BCUT2D eigenvalue weighted by Crippen LogP contribution is 2.38. The Labute approximate surface area is 273 Å². The molecular formula is C37H37N3O5S. The minimum atomic E-state index is -0.264. The van der Waals surface area contributed by atoms with Gasteiger partial charge in [0.05, 0.1) is 49.4 Å². The molecule has 8 nitrogen and oxygen atoms in total. The number of hydrazone groups is 1. The van der Waals surface area contributed by atoms with E-state index in [1.807, 2.05) is 67.6 Å². The van der Waals surface area contributed by atoms with Crippen LogP contribution in [0.1, 0.15) is 48.1 Å². The highest BCUT2D eigenvalue weighted by Gasteiger charge is 2.32. The van der Waals surface area contributed by atoms with Crippen LogP contribution in [0.5, 0.6) is 23.0 Å². The van der Waals surface area contributed by atoms with Gasteiger partial charge >= 0.3 is 0 Å². The molecule has 6 rings (SSSR count). The summed E-state index contributed by atoms with van der Waals surface area (Å²) in [5, 5.41) is 7.26. The van der Waals surface area contributed by atoms with Crippen molar-refractivity contribution in [2.24, 2.45) is 5.10 Å². The molecule has 1 atom stereocenters. The molecule has 46 heavy (non-hydrogen) atoms. The summed E-state index contributed by atoms with van der Waals surface area (Å²) in [4.78, 5) is 17.4. The summed E-state index contributed by atoms with van der Waals surface area (Å²) in [7, 11) is 3.29. The summed E-state index contributed by atoms with van der Waals surface area (Å²) in [6.07, 6.45) is 1.24. The molecule has 1 aliphatic rings. The SMILES string of the molecule is COc1ccc(C2CC(c3cc(C)c(C)c(OC)c3)=NN2C(C)=O)cc1OCCCOc1cccc(-c2nc3ccccc3s2)c1. The van der Waals surface area contributed by atoms with Gasteiger partial charge in [-0.25, -0.2) is 9.99 Å². The number of methoxy groups -OCH3 is 2. The molecule has 0 fully saturated rings. The first-order valence-electron chi connectivity index (χ1n) is 15.3. The number of hydrogen-bond donors (Lipinski definition) is 0. The van der Waals surface area contributed by atoms with Gasteiger partial charge in [0.2, 0.25) is 5.91 Å². The molecule has 4 aromatic carbocycles. The minimum Gasteiger partial charge on any atom is -0.496 e. The lowest BCUT2D eigenvalue weighted by Crippen LogP contribution is -2.24. The fourth-order valence-corrected chi connectivity index (χ4v) is 6.56. The van der Waals surface area contributed by atoms with E-state index < -0.39 is 0 Å². The number of nitrogens with zero attached hydrogens (tertiary/aromatic N) is 3. The second kappa shape index (κ2) is 13.6. The van der Waals surface area contributed by atoms with Crippen LogP contribution < -0.4 is 18.9 Å². The third-order valence-corrected chi connectivity index (χ3v) is 9.25. The number of rotatable bonds is 11. The van der Waals surface area contributed by atoms with E-state index in [1.54, 1.807) is 30.6 Å². The van der Waals surface area contributed by atoms with Crippen molar-refractivity contribution in [3.8, 4) is 33.6 Å². The molecule has 2 heterocycles. The highest BCUT2D eigenvalue weighted by atomic mass is 32.1. The first kappa shape index (κ1) is 31.1. The summed E-state index contributed by atoms with van der Waals surface area (Å²) in [5.74, 6) is 2.71. The van der Waals surface area contributed by atoms with Gasteiger partial charge in [0, 0.05) is 30.9 Å². The fraction of sp³-hybridized carbons (Fsp3) is 0.270. The molecular weight excluding hydrogens is 598 g/mol. The van der Waals surface area contributed by atoms with Crippen LogP contribution in [0.25, 0.3) is 20.8 Å². The number of ether oxygens (including phenoxy) is 4. The van der Waals surface area contributed by atoms with Crippen molar-refractivity contribution in [2.75, 3.05) is 27.4 Å². The molecule has 9 heteroatoms. The van der Waals surface area contributed by atoms with Gasteiger partial charge in [-0.2, -0.15) is 5.10 Å². The number of para-hydroxylation sites is 1. The molecule has 0 bridgehead atoms. The number of fused-ring (bicyclic) bond motifs is 1. The van der Waals surface area contributed by atoms with E-state index in [9.17, 15) is 4.79 Å². The summed E-state index contributed by atoms with van der Waals surface area (Å²) < 4.78 is 24.6. The molecule has 236 valence electrons. The Kier molecular flexibility index (Phi) is 9.21. The van der Waals surface area contributed by atoms with Crippen LogP contribution in [0.15, 0.2) is 84.0 Å². The third-order valence-electron chi connectivity index (χ3n) is 8.17. The molecule has 0 N–H and O–H groups in total. The highest BCUT2D eigenvalue weighted by molar-refractivity contribution is 7.21.